The minimum atomic E-state index is 0.289. The smallest absolute Gasteiger partial charge is 0.119 e. The molecule has 0 amide bonds. The van der Waals surface area contributed by atoms with E-state index in [1.165, 1.54) is 7.05 Å². The third-order valence-corrected chi connectivity index (χ3v) is 1.53. The van der Waals surface area contributed by atoms with Crippen molar-refractivity contribution in [1.82, 2.24) is 5.12 Å². The molecule has 1 aromatic carbocycles. The Morgan fingerprint density at radius 1 is 1.50 bits per heavy atom. The number of hydrogen-bond acceptors (Lipinski definition) is 2. The molecule has 0 aromatic heterocycles. The summed E-state index contributed by atoms with van der Waals surface area (Å²) in [6.45, 7) is 0.289. The van der Waals surface area contributed by atoms with Crippen LogP contribution in [0.25, 0.3) is 0 Å². The van der Waals surface area contributed by atoms with Gasteiger partial charge in [0.15, 0.2) is 0 Å². The van der Waals surface area contributed by atoms with Crippen LogP contribution in [0, 0.1) is 0 Å². The van der Waals surface area contributed by atoms with Gasteiger partial charge in [-0.15, -0.1) is 9.60 Å². The molecule has 0 N–H and O–H groups in total. The molecule has 12 heavy (non-hydrogen) atoms. The van der Waals surface area contributed by atoms with Gasteiger partial charge in [-0.25, -0.2) is 0 Å². The zero-order valence-electron chi connectivity index (χ0n) is 7.25. The van der Waals surface area contributed by atoms with E-state index < -0.39 is 0 Å². The van der Waals surface area contributed by atoms with E-state index in [-0.39, 0.29) is 6.54 Å². The number of rotatable bonds is 3. The Hall–Kier alpha value is -1.09. The second-order valence-corrected chi connectivity index (χ2v) is 2.61. The first-order valence-electron chi connectivity index (χ1n) is 3.72. The van der Waals surface area contributed by atoms with Gasteiger partial charge in [-0.2, -0.15) is 0 Å². The fraction of sp³-hybridized carbons (Fsp3) is 0.333. The lowest BCUT2D eigenvalue weighted by molar-refractivity contribution is 0.0505. The van der Waals surface area contributed by atoms with Crippen LogP contribution in [-0.2, 0) is 6.54 Å². The van der Waals surface area contributed by atoms with Crippen molar-refractivity contribution in [3.63, 3.8) is 0 Å². The van der Waals surface area contributed by atoms with Gasteiger partial charge in [0.2, 0.25) is 0 Å². The first-order chi connectivity index (χ1) is 5.72. The Labute approximate surface area is 71.5 Å². The van der Waals surface area contributed by atoms with Crippen LogP contribution in [0.4, 0.5) is 4.48 Å². The molecule has 2 nitrogen and oxygen atoms in total. The van der Waals surface area contributed by atoms with Gasteiger partial charge in [-0.3, -0.25) is 0 Å². The van der Waals surface area contributed by atoms with E-state index in [0.717, 1.165) is 11.3 Å². The highest BCUT2D eigenvalue weighted by atomic mass is 19.2. The van der Waals surface area contributed by atoms with Crippen molar-refractivity contribution in [3.8, 4) is 5.75 Å². The van der Waals surface area contributed by atoms with Gasteiger partial charge in [-0.1, -0.05) is 12.1 Å². The van der Waals surface area contributed by atoms with Crippen LogP contribution in [0.2, 0.25) is 0 Å². The highest BCUT2D eigenvalue weighted by Crippen LogP contribution is 2.13. The van der Waals surface area contributed by atoms with Crippen LogP contribution in [0.15, 0.2) is 24.3 Å². The normalized spacial score (nSPS) is 10.3. The molecule has 0 spiro atoms. The molecule has 0 radical (unpaired) electrons. The van der Waals surface area contributed by atoms with Crippen LogP contribution >= 0.6 is 0 Å². The van der Waals surface area contributed by atoms with Crippen molar-refractivity contribution >= 4 is 0 Å². The van der Waals surface area contributed by atoms with E-state index in [4.69, 9.17) is 4.74 Å². The maximum absolute atomic E-state index is 12.4. The Morgan fingerprint density at radius 3 is 2.83 bits per heavy atom. The maximum Gasteiger partial charge on any atom is 0.119 e. The van der Waals surface area contributed by atoms with Gasteiger partial charge in [0.1, 0.15) is 5.75 Å². The minimum Gasteiger partial charge on any atom is -0.497 e. The first kappa shape index (κ1) is 9.00. The van der Waals surface area contributed by atoms with E-state index in [9.17, 15) is 4.48 Å². The molecule has 0 atom stereocenters. The van der Waals surface area contributed by atoms with Crippen molar-refractivity contribution in [2.45, 2.75) is 6.54 Å². The van der Waals surface area contributed by atoms with Gasteiger partial charge in [0, 0.05) is 7.05 Å². The van der Waals surface area contributed by atoms with Gasteiger partial charge < -0.3 is 4.74 Å². The third kappa shape index (κ3) is 2.51. The fourth-order valence-corrected chi connectivity index (χ4v) is 1.02. The van der Waals surface area contributed by atoms with Crippen LogP contribution in [-0.4, -0.2) is 19.3 Å². The van der Waals surface area contributed by atoms with Crippen molar-refractivity contribution in [2.24, 2.45) is 0 Å². The van der Waals surface area contributed by atoms with Crippen molar-refractivity contribution in [3.05, 3.63) is 29.8 Å². The Kier molecular flexibility index (Phi) is 3.05. The summed E-state index contributed by atoms with van der Waals surface area (Å²) in [5, 5.41) is 0.634. The Bertz CT molecular complexity index is 250. The Balaban J connectivity index is 2.72. The molecule has 0 heterocycles. The lowest BCUT2D eigenvalue weighted by atomic mass is 10.2. The van der Waals surface area contributed by atoms with Crippen molar-refractivity contribution in [2.75, 3.05) is 14.2 Å². The Morgan fingerprint density at radius 2 is 2.25 bits per heavy atom. The molecule has 0 fully saturated rings. The summed E-state index contributed by atoms with van der Waals surface area (Å²) >= 11 is 0. The lowest BCUT2D eigenvalue weighted by Gasteiger charge is -2.06. The zero-order chi connectivity index (χ0) is 8.97. The zero-order valence-corrected chi connectivity index (χ0v) is 7.25. The highest BCUT2D eigenvalue weighted by Gasteiger charge is 1.98. The number of ether oxygens (including phenoxy) is 1. The monoisotopic (exact) mass is 169 g/mol. The van der Waals surface area contributed by atoms with Crippen LogP contribution in [0.1, 0.15) is 5.56 Å². The predicted octanol–water partition coefficient (Wildman–Crippen LogP) is 2.01. The molecule has 0 unspecified atom stereocenters. The molecule has 66 valence electrons. The average molecular weight is 169 g/mol. The van der Waals surface area contributed by atoms with Gasteiger partial charge in [-0.05, 0) is 17.7 Å². The van der Waals surface area contributed by atoms with Crippen molar-refractivity contribution in [1.29, 1.82) is 0 Å². The van der Waals surface area contributed by atoms with E-state index in [1.807, 2.05) is 24.3 Å². The van der Waals surface area contributed by atoms with Crippen LogP contribution in [0.5, 0.6) is 5.75 Å². The molecule has 0 bridgehead atoms. The first-order valence-corrected chi connectivity index (χ1v) is 3.72. The van der Waals surface area contributed by atoms with Gasteiger partial charge in [0.05, 0.1) is 13.7 Å². The summed E-state index contributed by atoms with van der Waals surface area (Å²) in [5.41, 5.74) is 0.902. The second kappa shape index (κ2) is 4.07. The summed E-state index contributed by atoms with van der Waals surface area (Å²) in [6, 6.07) is 7.36. The SMILES string of the molecule is COc1cccc(CN(C)F)c1. The molecule has 0 saturated carbocycles. The molecular weight excluding hydrogens is 157 g/mol. The largest absolute Gasteiger partial charge is 0.497 e. The molecule has 1 rings (SSSR count). The molecule has 3 heteroatoms. The lowest BCUT2D eigenvalue weighted by Crippen LogP contribution is -2.05. The van der Waals surface area contributed by atoms with Gasteiger partial charge in [0.25, 0.3) is 0 Å². The molecule has 0 aliphatic rings. The van der Waals surface area contributed by atoms with Crippen molar-refractivity contribution < 1.29 is 9.22 Å². The number of hydrogen-bond donors (Lipinski definition) is 0. The predicted molar refractivity (Wildman–Crippen MR) is 45.6 cm³/mol. The van der Waals surface area contributed by atoms with Crippen LogP contribution < -0.4 is 4.74 Å². The summed E-state index contributed by atoms with van der Waals surface area (Å²) in [4.78, 5) is 0. The topological polar surface area (TPSA) is 12.5 Å². The van der Waals surface area contributed by atoms with E-state index in [2.05, 4.69) is 0 Å². The number of benzene rings is 1. The van der Waals surface area contributed by atoms with E-state index >= 15 is 0 Å². The van der Waals surface area contributed by atoms with E-state index in [0.29, 0.717) is 5.12 Å². The minimum absolute atomic E-state index is 0.289. The summed E-state index contributed by atoms with van der Waals surface area (Å²) in [6.07, 6.45) is 0. The average Bonchev–Trinajstić information content (AvgIpc) is 2.03. The number of nitrogens with zero attached hydrogens (tertiary/aromatic N) is 1. The van der Waals surface area contributed by atoms with E-state index in [1.54, 1.807) is 7.11 Å². The highest BCUT2D eigenvalue weighted by molar-refractivity contribution is 5.28. The summed E-state index contributed by atoms with van der Waals surface area (Å²) in [5.74, 6) is 0.759. The fourth-order valence-electron chi connectivity index (χ4n) is 1.02. The molecule has 0 saturated heterocycles. The summed E-state index contributed by atoms with van der Waals surface area (Å²) in [7, 11) is 2.98. The molecule has 1 aromatic rings. The standard InChI is InChI=1S/C9H12FNO/c1-11(10)7-8-4-3-5-9(6-8)12-2/h3-6H,7H2,1-2H3. The number of methoxy groups -OCH3 is 1. The second-order valence-electron chi connectivity index (χ2n) is 2.61. The molecular formula is C9H12FNO. The maximum atomic E-state index is 12.4. The molecule has 0 aliphatic heterocycles. The quantitative estimate of drug-likeness (QED) is 0.642. The van der Waals surface area contributed by atoms with Gasteiger partial charge >= 0.3 is 0 Å². The van der Waals surface area contributed by atoms with Crippen LogP contribution in [0.3, 0.4) is 0 Å². The summed E-state index contributed by atoms with van der Waals surface area (Å²) < 4.78 is 17.4. The molecule has 0 aliphatic carbocycles. The number of halogens is 1. The third-order valence-electron chi connectivity index (χ3n) is 1.53.